The van der Waals surface area contributed by atoms with Crippen LogP contribution in [0.4, 0.5) is 0 Å². The molecule has 1 nitrogen and oxygen atoms in total. The zero-order chi connectivity index (χ0) is 23.0. The van der Waals surface area contributed by atoms with Crippen LogP contribution in [0.25, 0.3) is 22.3 Å². The molecule has 1 saturated carbocycles. The maximum absolute atomic E-state index is 10.0. The SMILES string of the molecule is CCCC(O)CCCC1CCC(c2ccc(-c3cccc(Cl)c3)c(-c3ccccc3)c2)CC1. The fraction of sp³-hybridized carbons (Fsp3) is 0.419. The Kier molecular flexibility index (Phi) is 8.64. The average molecular weight is 461 g/mol. The van der Waals surface area contributed by atoms with E-state index in [2.05, 4.69) is 67.6 Å². The van der Waals surface area contributed by atoms with Gasteiger partial charge in [-0.05, 0) is 90.3 Å². The van der Waals surface area contributed by atoms with Gasteiger partial charge in [-0.1, -0.05) is 98.5 Å². The van der Waals surface area contributed by atoms with Crippen LogP contribution in [0.1, 0.15) is 76.2 Å². The first-order valence-electron chi connectivity index (χ1n) is 12.8. The van der Waals surface area contributed by atoms with Gasteiger partial charge in [-0.3, -0.25) is 0 Å². The monoisotopic (exact) mass is 460 g/mol. The van der Waals surface area contributed by atoms with Crippen LogP contribution in [0, 0.1) is 5.92 Å². The Morgan fingerprint density at radius 1 is 0.818 bits per heavy atom. The fourth-order valence-corrected chi connectivity index (χ4v) is 5.67. The van der Waals surface area contributed by atoms with Gasteiger partial charge < -0.3 is 5.11 Å². The van der Waals surface area contributed by atoms with E-state index in [1.165, 1.54) is 66.3 Å². The number of hydrogen-bond donors (Lipinski definition) is 1. The van der Waals surface area contributed by atoms with Gasteiger partial charge in [0.25, 0.3) is 0 Å². The Morgan fingerprint density at radius 2 is 1.58 bits per heavy atom. The Bertz CT molecular complexity index is 1000. The van der Waals surface area contributed by atoms with E-state index < -0.39 is 0 Å². The summed E-state index contributed by atoms with van der Waals surface area (Å²) in [6.45, 7) is 2.15. The van der Waals surface area contributed by atoms with Gasteiger partial charge in [0, 0.05) is 5.02 Å². The highest BCUT2D eigenvalue weighted by atomic mass is 35.5. The molecule has 4 rings (SSSR count). The third-order valence-corrected chi connectivity index (χ3v) is 7.59. The van der Waals surface area contributed by atoms with Crippen molar-refractivity contribution in [3.05, 3.63) is 83.4 Å². The molecule has 174 valence electrons. The lowest BCUT2D eigenvalue weighted by Gasteiger charge is -2.29. The van der Waals surface area contributed by atoms with Crippen LogP contribution in [0.5, 0.6) is 0 Å². The molecule has 0 aromatic heterocycles. The first-order valence-corrected chi connectivity index (χ1v) is 13.1. The first-order chi connectivity index (χ1) is 16.1. The Morgan fingerprint density at radius 3 is 2.30 bits per heavy atom. The zero-order valence-electron chi connectivity index (χ0n) is 19.8. The largest absolute Gasteiger partial charge is 0.393 e. The molecule has 1 atom stereocenters. The Hall–Kier alpha value is -2.09. The normalized spacial score (nSPS) is 19.4. The van der Waals surface area contributed by atoms with Crippen molar-refractivity contribution >= 4 is 11.6 Å². The van der Waals surface area contributed by atoms with Crippen molar-refractivity contribution in [2.75, 3.05) is 0 Å². The standard InChI is InChI=1S/C31H37ClO/c1-2-8-29(33)14-6-9-23-15-17-24(18-16-23)26-19-20-30(27-12-7-13-28(32)21-27)31(22-26)25-10-4-3-5-11-25/h3-5,7,10-13,19-24,29,33H,2,6,8-9,14-18H2,1H3. The second kappa shape index (κ2) is 11.9. The van der Waals surface area contributed by atoms with E-state index in [1.807, 2.05) is 12.1 Å². The third kappa shape index (κ3) is 6.49. The van der Waals surface area contributed by atoms with Gasteiger partial charge in [-0.2, -0.15) is 0 Å². The number of benzene rings is 3. The van der Waals surface area contributed by atoms with Crippen molar-refractivity contribution in [2.24, 2.45) is 5.92 Å². The van der Waals surface area contributed by atoms with Gasteiger partial charge >= 0.3 is 0 Å². The van der Waals surface area contributed by atoms with Crippen molar-refractivity contribution in [3.63, 3.8) is 0 Å². The molecule has 3 aromatic carbocycles. The van der Waals surface area contributed by atoms with Gasteiger partial charge in [0.15, 0.2) is 0 Å². The van der Waals surface area contributed by atoms with E-state index in [0.717, 1.165) is 30.2 Å². The van der Waals surface area contributed by atoms with Crippen LogP contribution in [0.2, 0.25) is 5.02 Å². The lowest BCUT2D eigenvalue weighted by molar-refractivity contribution is 0.146. The number of aliphatic hydroxyl groups excluding tert-OH is 1. The molecule has 0 saturated heterocycles. The third-order valence-electron chi connectivity index (χ3n) is 7.35. The second-order valence-corrected chi connectivity index (χ2v) is 10.2. The van der Waals surface area contributed by atoms with Crippen molar-refractivity contribution in [1.82, 2.24) is 0 Å². The average Bonchev–Trinajstić information content (AvgIpc) is 2.85. The summed E-state index contributed by atoms with van der Waals surface area (Å²) in [4.78, 5) is 0. The minimum absolute atomic E-state index is 0.0965. The van der Waals surface area contributed by atoms with E-state index in [1.54, 1.807) is 0 Å². The number of rotatable bonds is 9. The molecule has 0 amide bonds. The predicted molar refractivity (Wildman–Crippen MR) is 142 cm³/mol. The summed E-state index contributed by atoms with van der Waals surface area (Å²) in [5.41, 5.74) is 6.43. The van der Waals surface area contributed by atoms with E-state index in [-0.39, 0.29) is 6.10 Å². The summed E-state index contributed by atoms with van der Waals surface area (Å²) >= 11 is 6.31. The van der Waals surface area contributed by atoms with Crippen molar-refractivity contribution in [3.8, 4) is 22.3 Å². The van der Waals surface area contributed by atoms with Crippen LogP contribution in [-0.4, -0.2) is 11.2 Å². The van der Waals surface area contributed by atoms with Crippen molar-refractivity contribution in [2.45, 2.75) is 76.7 Å². The zero-order valence-corrected chi connectivity index (χ0v) is 20.6. The molecule has 0 bridgehead atoms. The molecule has 2 heteroatoms. The second-order valence-electron chi connectivity index (χ2n) is 9.77. The molecule has 0 radical (unpaired) electrons. The number of aliphatic hydroxyl groups is 1. The van der Waals surface area contributed by atoms with E-state index in [4.69, 9.17) is 11.6 Å². The molecule has 1 unspecified atom stereocenters. The minimum atomic E-state index is -0.0965. The molecular weight excluding hydrogens is 424 g/mol. The van der Waals surface area contributed by atoms with E-state index in [0.29, 0.717) is 5.92 Å². The van der Waals surface area contributed by atoms with E-state index in [9.17, 15) is 5.11 Å². The molecule has 3 aromatic rings. The van der Waals surface area contributed by atoms with Gasteiger partial charge in [0.1, 0.15) is 0 Å². The number of hydrogen-bond acceptors (Lipinski definition) is 1. The van der Waals surface area contributed by atoms with Crippen molar-refractivity contribution in [1.29, 1.82) is 0 Å². The van der Waals surface area contributed by atoms with Crippen LogP contribution in [0.15, 0.2) is 72.8 Å². The summed E-state index contributed by atoms with van der Waals surface area (Å²) in [7, 11) is 0. The lowest BCUT2D eigenvalue weighted by atomic mass is 9.76. The molecule has 0 spiro atoms. The first kappa shape index (κ1) is 24.0. The molecule has 1 fully saturated rings. The Labute approximate surface area is 204 Å². The molecule has 1 N–H and O–H groups in total. The van der Waals surface area contributed by atoms with Gasteiger partial charge in [0.05, 0.1) is 6.10 Å². The quantitative estimate of drug-likeness (QED) is 0.337. The molecule has 33 heavy (non-hydrogen) atoms. The molecular formula is C31H37ClO. The Balaban J connectivity index is 1.47. The molecule has 1 aliphatic rings. The molecule has 0 heterocycles. The van der Waals surface area contributed by atoms with Crippen LogP contribution >= 0.6 is 11.6 Å². The maximum Gasteiger partial charge on any atom is 0.0540 e. The smallest absolute Gasteiger partial charge is 0.0540 e. The topological polar surface area (TPSA) is 20.2 Å². The number of halogens is 1. The van der Waals surface area contributed by atoms with E-state index >= 15 is 0 Å². The molecule has 0 aliphatic heterocycles. The van der Waals surface area contributed by atoms with Crippen molar-refractivity contribution < 1.29 is 5.11 Å². The maximum atomic E-state index is 10.0. The fourth-order valence-electron chi connectivity index (χ4n) is 5.48. The molecule has 1 aliphatic carbocycles. The van der Waals surface area contributed by atoms with Gasteiger partial charge in [0.2, 0.25) is 0 Å². The minimum Gasteiger partial charge on any atom is -0.393 e. The highest BCUT2D eigenvalue weighted by Crippen LogP contribution is 2.41. The highest BCUT2D eigenvalue weighted by Gasteiger charge is 2.23. The summed E-state index contributed by atoms with van der Waals surface area (Å²) < 4.78 is 0. The van der Waals surface area contributed by atoms with Gasteiger partial charge in [-0.25, -0.2) is 0 Å². The predicted octanol–water partition coefficient (Wildman–Crippen LogP) is 9.28. The lowest BCUT2D eigenvalue weighted by Crippen LogP contribution is -2.14. The summed E-state index contributed by atoms with van der Waals surface area (Å²) in [6, 6.07) is 26.0. The highest BCUT2D eigenvalue weighted by molar-refractivity contribution is 6.30. The summed E-state index contributed by atoms with van der Waals surface area (Å²) in [6.07, 6.45) is 10.5. The van der Waals surface area contributed by atoms with Crippen LogP contribution in [-0.2, 0) is 0 Å². The van der Waals surface area contributed by atoms with Crippen LogP contribution in [0.3, 0.4) is 0 Å². The van der Waals surface area contributed by atoms with Gasteiger partial charge in [-0.15, -0.1) is 0 Å². The summed E-state index contributed by atoms with van der Waals surface area (Å²) in [5, 5.41) is 10.8. The van der Waals surface area contributed by atoms with Crippen LogP contribution < -0.4 is 0 Å². The summed E-state index contributed by atoms with van der Waals surface area (Å²) in [5.74, 6) is 1.47.